The third-order valence-corrected chi connectivity index (χ3v) is 5.44. The fraction of sp³-hybridized carbons (Fsp3) is 0.381. The highest BCUT2D eigenvalue weighted by Crippen LogP contribution is 2.42. The monoisotopic (exact) mass is 420 g/mol. The Kier molecular flexibility index (Phi) is 6.30. The summed E-state index contributed by atoms with van der Waals surface area (Å²) in [6.07, 6.45) is -0.0601. The summed E-state index contributed by atoms with van der Waals surface area (Å²) in [6, 6.07) is 3.52. The summed E-state index contributed by atoms with van der Waals surface area (Å²) < 4.78 is 5.67. The molecule has 0 amide bonds. The number of hydrogen-bond donors (Lipinski definition) is 7. The Hall–Kier alpha value is -2.69. The molecular weight excluding hydrogens is 396 g/mol. The molecule has 1 aromatic rings. The minimum atomic E-state index is -1.60. The molecule has 30 heavy (non-hydrogen) atoms. The van der Waals surface area contributed by atoms with Gasteiger partial charge in [-0.3, -0.25) is 4.79 Å². The van der Waals surface area contributed by atoms with Gasteiger partial charge in [0.2, 0.25) is 0 Å². The number of ketones is 1. The van der Waals surface area contributed by atoms with E-state index in [-0.39, 0.29) is 23.5 Å². The van der Waals surface area contributed by atoms with Crippen molar-refractivity contribution in [2.75, 3.05) is 6.61 Å². The summed E-state index contributed by atoms with van der Waals surface area (Å²) in [4.78, 5) is 12.6. The number of aliphatic hydroxyl groups excluding tert-OH is 5. The highest BCUT2D eigenvalue weighted by atomic mass is 16.5. The van der Waals surface area contributed by atoms with Crippen LogP contribution in [-0.2, 0) is 4.74 Å². The van der Waals surface area contributed by atoms with Gasteiger partial charge < -0.3 is 40.5 Å². The molecule has 1 aromatic carbocycles. The van der Waals surface area contributed by atoms with Gasteiger partial charge in [-0.15, -0.1) is 0 Å². The van der Waals surface area contributed by atoms with Crippen molar-refractivity contribution in [3.05, 3.63) is 59.9 Å². The molecule has 7 N–H and O–H groups in total. The second kappa shape index (κ2) is 8.58. The van der Waals surface area contributed by atoms with Crippen LogP contribution in [0.2, 0.25) is 0 Å². The molecule has 1 heterocycles. The zero-order chi connectivity index (χ0) is 22.1. The van der Waals surface area contributed by atoms with Crippen molar-refractivity contribution < 1.29 is 45.3 Å². The summed E-state index contributed by atoms with van der Waals surface area (Å²) in [7, 11) is 0. The lowest BCUT2D eigenvalue weighted by Gasteiger charge is -2.47. The number of phenols is 2. The second-order valence-electron chi connectivity index (χ2n) is 7.43. The molecule has 0 aromatic heterocycles. The SMILES string of the molecule is O=C(C=CC1(C2O[C@H](CO)[C@@H](O)[C@H](O)[C@H]2O)C=CC(O)=CC1)c1ccc(O)cc1O. The number of carbonyl (C=O) groups excluding carboxylic acids is 1. The molecule has 9 heteroatoms. The average molecular weight is 420 g/mol. The van der Waals surface area contributed by atoms with Crippen LogP contribution in [0.1, 0.15) is 16.8 Å². The quantitative estimate of drug-likeness (QED) is 0.257. The van der Waals surface area contributed by atoms with E-state index >= 15 is 0 Å². The lowest BCUT2D eigenvalue weighted by Crippen LogP contribution is -2.62. The smallest absolute Gasteiger partial charge is 0.189 e. The summed E-state index contributed by atoms with van der Waals surface area (Å²) >= 11 is 0. The lowest BCUT2D eigenvalue weighted by atomic mass is 9.71. The molecule has 1 aliphatic carbocycles. The predicted molar refractivity (Wildman–Crippen MR) is 104 cm³/mol. The van der Waals surface area contributed by atoms with E-state index < -0.39 is 54.1 Å². The first-order valence-corrected chi connectivity index (χ1v) is 9.33. The first kappa shape index (κ1) is 22.0. The van der Waals surface area contributed by atoms with Crippen LogP contribution >= 0.6 is 0 Å². The van der Waals surface area contributed by atoms with E-state index in [1.54, 1.807) is 0 Å². The number of carbonyl (C=O) groups is 1. The number of phenolic OH excluding ortho intramolecular Hbond substituents is 2. The normalized spacial score (nSPS) is 34.1. The van der Waals surface area contributed by atoms with E-state index in [1.807, 2.05) is 0 Å². The number of aromatic hydroxyl groups is 2. The van der Waals surface area contributed by atoms with Crippen LogP contribution in [0.3, 0.4) is 0 Å². The molecule has 0 radical (unpaired) electrons. The van der Waals surface area contributed by atoms with Crippen LogP contribution < -0.4 is 0 Å². The maximum Gasteiger partial charge on any atom is 0.189 e. The van der Waals surface area contributed by atoms with Gasteiger partial charge in [0, 0.05) is 11.5 Å². The average Bonchev–Trinajstić information content (AvgIpc) is 2.72. The lowest BCUT2D eigenvalue weighted by molar-refractivity contribution is -0.245. The number of hydrogen-bond acceptors (Lipinski definition) is 9. The van der Waals surface area contributed by atoms with Gasteiger partial charge in [0.1, 0.15) is 41.7 Å². The van der Waals surface area contributed by atoms with E-state index in [2.05, 4.69) is 0 Å². The second-order valence-corrected chi connectivity index (χ2v) is 7.43. The van der Waals surface area contributed by atoms with Crippen molar-refractivity contribution in [1.82, 2.24) is 0 Å². The van der Waals surface area contributed by atoms with Crippen LogP contribution in [0.5, 0.6) is 11.5 Å². The molecule has 0 spiro atoms. The Balaban J connectivity index is 1.95. The van der Waals surface area contributed by atoms with Crippen LogP contribution in [0.25, 0.3) is 0 Å². The largest absolute Gasteiger partial charge is 0.508 e. The first-order valence-electron chi connectivity index (χ1n) is 9.33. The highest BCUT2D eigenvalue weighted by molar-refractivity contribution is 6.06. The Morgan fingerprint density at radius 2 is 1.87 bits per heavy atom. The Morgan fingerprint density at radius 3 is 2.47 bits per heavy atom. The van der Waals surface area contributed by atoms with Crippen molar-refractivity contribution in [3.63, 3.8) is 0 Å². The molecule has 3 rings (SSSR count). The third-order valence-electron chi connectivity index (χ3n) is 5.44. The van der Waals surface area contributed by atoms with Gasteiger partial charge in [-0.1, -0.05) is 12.2 Å². The minimum Gasteiger partial charge on any atom is -0.508 e. The highest BCUT2D eigenvalue weighted by Gasteiger charge is 2.51. The van der Waals surface area contributed by atoms with E-state index in [0.29, 0.717) is 0 Å². The number of allylic oxidation sites excluding steroid dienone is 3. The van der Waals surface area contributed by atoms with Gasteiger partial charge in [0.15, 0.2) is 5.78 Å². The van der Waals surface area contributed by atoms with Gasteiger partial charge in [0.05, 0.1) is 18.3 Å². The van der Waals surface area contributed by atoms with Crippen molar-refractivity contribution in [2.45, 2.75) is 36.9 Å². The predicted octanol–water partition coefficient (Wildman–Crippen LogP) is 0.0673. The van der Waals surface area contributed by atoms with Gasteiger partial charge in [-0.05, 0) is 36.8 Å². The summed E-state index contributed by atoms with van der Waals surface area (Å²) in [5.41, 5.74) is -1.27. The Bertz CT molecular complexity index is 888. The number of aliphatic hydroxyl groups is 5. The molecule has 1 aliphatic heterocycles. The van der Waals surface area contributed by atoms with Crippen molar-refractivity contribution >= 4 is 5.78 Å². The molecule has 1 fully saturated rings. The summed E-state index contributed by atoms with van der Waals surface area (Å²) in [5.74, 6) is -1.25. The molecule has 2 unspecified atom stereocenters. The fourth-order valence-corrected chi connectivity index (χ4v) is 3.68. The number of ether oxygens (including phenoxy) is 1. The first-order chi connectivity index (χ1) is 14.2. The van der Waals surface area contributed by atoms with Crippen LogP contribution in [0.15, 0.2) is 54.3 Å². The van der Waals surface area contributed by atoms with Gasteiger partial charge >= 0.3 is 0 Å². The molecule has 2 aliphatic rings. The molecule has 6 atom stereocenters. The zero-order valence-corrected chi connectivity index (χ0v) is 15.9. The fourth-order valence-electron chi connectivity index (χ4n) is 3.68. The van der Waals surface area contributed by atoms with Gasteiger partial charge in [0.25, 0.3) is 0 Å². The molecule has 9 nitrogen and oxygen atoms in total. The maximum absolute atomic E-state index is 12.6. The number of benzene rings is 1. The zero-order valence-electron chi connectivity index (χ0n) is 15.9. The van der Waals surface area contributed by atoms with Gasteiger partial charge in [-0.25, -0.2) is 0 Å². The van der Waals surface area contributed by atoms with Crippen LogP contribution in [0, 0.1) is 5.41 Å². The summed E-state index contributed by atoms with van der Waals surface area (Å²) in [6.45, 7) is -0.605. The molecule has 0 bridgehead atoms. The standard InChI is InChI=1S/C21H24O9/c22-10-16-17(27)18(28)19(29)20(30-16)21(6-3-11(23)4-7-21)8-5-14(25)13-2-1-12(24)9-15(13)26/h1-6,8-9,16-20,22-24,26-29H,7,10H2/t16-,17-,18+,19-,20?,21?/m1/s1. The Labute approximate surface area is 172 Å². The Morgan fingerprint density at radius 1 is 1.13 bits per heavy atom. The van der Waals surface area contributed by atoms with Crippen molar-refractivity contribution in [3.8, 4) is 11.5 Å². The van der Waals surface area contributed by atoms with E-state index in [4.69, 9.17) is 4.74 Å². The van der Waals surface area contributed by atoms with E-state index in [1.165, 1.54) is 36.4 Å². The topological polar surface area (TPSA) is 168 Å². The van der Waals surface area contributed by atoms with Crippen LogP contribution in [0.4, 0.5) is 0 Å². The molecule has 162 valence electrons. The molecular formula is C21H24O9. The van der Waals surface area contributed by atoms with Crippen LogP contribution in [-0.4, -0.2) is 78.7 Å². The minimum absolute atomic E-state index is 0.0360. The van der Waals surface area contributed by atoms with E-state index in [0.717, 1.165) is 12.1 Å². The third kappa shape index (κ3) is 4.11. The van der Waals surface area contributed by atoms with Crippen molar-refractivity contribution in [1.29, 1.82) is 0 Å². The number of rotatable bonds is 5. The van der Waals surface area contributed by atoms with E-state index in [9.17, 15) is 40.5 Å². The molecule has 0 saturated carbocycles. The van der Waals surface area contributed by atoms with Crippen molar-refractivity contribution in [2.24, 2.45) is 5.41 Å². The maximum atomic E-state index is 12.6. The van der Waals surface area contributed by atoms with Gasteiger partial charge in [-0.2, -0.15) is 0 Å². The summed E-state index contributed by atoms with van der Waals surface area (Å²) in [5, 5.41) is 69.2. The molecule has 1 saturated heterocycles.